The van der Waals surface area contributed by atoms with Crippen LogP contribution in [0.15, 0.2) is 0 Å². The number of methoxy groups -OCH3 is 1. The van der Waals surface area contributed by atoms with Crippen molar-refractivity contribution in [3.63, 3.8) is 0 Å². The van der Waals surface area contributed by atoms with E-state index in [1.807, 2.05) is 7.11 Å². The van der Waals surface area contributed by atoms with Crippen LogP contribution in [-0.2, 0) is 4.74 Å². The number of nitrogens with one attached hydrogen (secondary N) is 1. The van der Waals surface area contributed by atoms with E-state index < -0.39 is 0 Å². The standard InChI is InChI=1S/C15H33NO/c1-6-9-11-13(8-3)12-14(16-4)15(17-5)10-7-2/h13-16H,6-12H2,1-5H3. The van der Waals surface area contributed by atoms with E-state index in [1.165, 1.54) is 38.5 Å². The van der Waals surface area contributed by atoms with Crippen molar-refractivity contribution in [2.24, 2.45) is 5.92 Å². The maximum Gasteiger partial charge on any atom is 0.0724 e. The molecule has 0 fully saturated rings. The fraction of sp³-hybridized carbons (Fsp3) is 1.00. The van der Waals surface area contributed by atoms with Gasteiger partial charge in [0.05, 0.1) is 6.10 Å². The molecule has 0 heterocycles. The second kappa shape index (κ2) is 11.0. The highest BCUT2D eigenvalue weighted by molar-refractivity contribution is 4.78. The Bertz CT molecular complexity index is 161. The summed E-state index contributed by atoms with van der Waals surface area (Å²) in [5.41, 5.74) is 0. The monoisotopic (exact) mass is 243 g/mol. The molecule has 2 heteroatoms. The van der Waals surface area contributed by atoms with E-state index >= 15 is 0 Å². The van der Waals surface area contributed by atoms with Crippen molar-refractivity contribution in [2.45, 2.75) is 77.9 Å². The van der Waals surface area contributed by atoms with Crippen LogP contribution in [0.2, 0.25) is 0 Å². The summed E-state index contributed by atoms with van der Waals surface area (Å²) in [6.07, 6.45) is 9.32. The number of hydrogen-bond acceptors (Lipinski definition) is 2. The summed E-state index contributed by atoms with van der Waals surface area (Å²) < 4.78 is 5.63. The molecule has 0 aliphatic rings. The third-order valence-electron chi connectivity index (χ3n) is 3.83. The Morgan fingerprint density at radius 2 is 1.76 bits per heavy atom. The smallest absolute Gasteiger partial charge is 0.0724 e. The Hall–Kier alpha value is -0.0800. The molecule has 3 atom stereocenters. The lowest BCUT2D eigenvalue weighted by molar-refractivity contribution is 0.0541. The molecule has 0 amide bonds. The molecule has 0 bridgehead atoms. The first-order valence-electron chi connectivity index (χ1n) is 7.43. The number of ether oxygens (including phenoxy) is 1. The van der Waals surface area contributed by atoms with E-state index in [1.54, 1.807) is 0 Å². The quantitative estimate of drug-likeness (QED) is 0.592. The van der Waals surface area contributed by atoms with Crippen LogP contribution in [0.25, 0.3) is 0 Å². The number of hydrogen-bond donors (Lipinski definition) is 1. The van der Waals surface area contributed by atoms with Crippen LogP contribution in [0.4, 0.5) is 0 Å². The Kier molecular flexibility index (Phi) is 11.0. The fourth-order valence-electron chi connectivity index (χ4n) is 2.56. The summed E-state index contributed by atoms with van der Waals surface area (Å²) in [6.45, 7) is 6.82. The fourth-order valence-corrected chi connectivity index (χ4v) is 2.56. The van der Waals surface area contributed by atoms with Crippen molar-refractivity contribution in [2.75, 3.05) is 14.2 Å². The largest absolute Gasteiger partial charge is 0.380 e. The van der Waals surface area contributed by atoms with Gasteiger partial charge < -0.3 is 10.1 Å². The van der Waals surface area contributed by atoms with E-state index in [4.69, 9.17) is 4.74 Å². The lowest BCUT2D eigenvalue weighted by Gasteiger charge is -2.29. The van der Waals surface area contributed by atoms with Gasteiger partial charge in [-0.05, 0) is 25.8 Å². The van der Waals surface area contributed by atoms with Gasteiger partial charge in [-0.2, -0.15) is 0 Å². The van der Waals surface area contributed by atoms with Gasteiger partial charge in [-0.1, -0.05) is 52.9 Å². The van der Waals surface area contributed by atoms with Crippen LogP contribution >= 0.6 is 0 Å². The Morgan fingerprint density at radius 3 is 2.18 bits per heavy atom. The van der Waals surface area contributed by atoms with E-state index in [2.05, 4.69) is 33.1 Å². The molecule has 0 radical (unpaired) electrons. The van der Waals surface area contributed by atoms with Gasteiger partial charge in [0.25, 0.3) is 0 Å². The first kappa shape index (κ1) is 16.9. The first-order valence-corrected chi connectivity index (χ1v) is 7.43. The van der Waals surface area contributed by atoms with Crippen molar-refractivity contribution < 1.29 is 4.74 Å². The lowest BCUT2D eigenvalue weighted by Crippen LogP contribution is -2.40. The van der Waals surface area contributed by atoms with Crippen molar-refractivity contribution in [1.29, 1.82) is 0 Å². The molecule has 0 aliphatic heterocycles. The molecular formula is C15H33NO. The second-order valence-electron chi connectivity index (χ2n) is 5.11. The van der Waals surface area contributed by atoms with Gasteiger partial charge in [-0.15, -0.1) is 0 Å². The predicted octanol–water partition coefficient (Wildman–Crippen LogP) is 4.00. The summed E-state index contributed by atoms with van der Waals surface area (Å²) in [7, 11) is 3.91. The lowest BCUT2D eigenvalue weighted by atomic mass is 9.89. The minimum atomic E-state index is 0.376. The average molecular weight is 243 g/mol. The zero-order chi connectivity index (χ0) is 13.1. The molecule has 0 aliphatic carbocycles. The summed E-state index contributed by atoms with van der Waals surface area (Å²) in [6, 6.07) is 0.516. The molecule has 2 nitrogen and oxygen atoms in total. The van der Waals surface area contributed by atoms with Crippen LogP contribution in [0.3, 0.4) is 0 Å². The molecule has 0 aromatic rings. The number of unbranched alkanes of at least 4 members (excludes halogenated alkanes) is 1. The molecule has 3 unspecified atom stereocenters. The molecular weight excluding hydrogens is 210 g/mol. The first-order chi connectivity index (χ1) is 8.23. The molecule has 0 saturated carbocycles. The predicted molar refractivity (Wildman–Crippen MR) is 76.5 cm³/mol. The minimum absolute atomic E-state index is 0.376. The van der Waals surface area contributed by atoms with Crippen LogP contribution < -0.4 is 5.32 Å². The van der Waals surface area contributed by atoms with Crippen LogP contribution in [0.1, 0.15) is 65.7 Å². The molecule has 0 spiro atoms. The maximum absolute atomic E-state index is 5.63. The van der Waals surface area contributed by atoms with E-state index in [0.29, 0.717) is 12.1 Å². The van der Waals surface area contributed by atoms with Crippen LogP contribution in [0.5, 0.6) is 0 Å². The third-order valence-corrected chi connectivity index (χ3v) is 3.83. The SMILES string of the molecule is CCCCC(CC)CC(NC)C(CCC)OC. The molecule has 0 saturated heterocycles. The van der Waals surface area contributed by atoms with Gasteiger partial charge in [0.1, 0.15) is 0 Å². The van der Waals surface area contributed by atoms with Gasteiger partial charge in [0.15, 0.2) is 0 Å². The van der Waals surface area contributed by atoms with E-state index in [9.17, 15) is 0 Å². The van der Waals surface area contributed by atoms with Gasteiger partial charge in [-0.3, -0.25) is 0 Å². The summed E-state index contributed by atoms with van der Waals surface area (Å²) in [5, 5.41) is 3.45. The Morgan fingerprint density at radius 1 is 1.06 bits per heavy atom. The molecule has 1 N–H and O–H groups in total. The van der Waals surface area contributed by atoms with Crippen molar-refractivity contribution in [1.82, 2.24) is 5.32 Å². The second-order valence-corrected chi connectivity index (χ2v) is 5.11. The maximum atomic E-state index is 5.63. The minimum Gasteiger partial charge on any atom is -0.380 e. The van der Waals surface area contributed by atoms with Crippen LogP contribution in [-0.4, -0.2) is 26.3 Å². The average Bonchev–Trinajstić information content (AvgIpc) is 2.37. The third kappa shape index (κ3) is 7.05. The Labute approximate surface area is 109 Å². The molecule has 104 valence electrons. The van der Waals surface area contributed by atoms with Gasteiger partial charge in [0.2, 0.25) is 0 Å². The van der Waals surface area contributed by atoms with Crippen molar-refractivity contribution in [3.8, 4) is 0 Å². The molecule has 0 aromatic heterocycles. The van der Waals surface area contributed by atoms with Crippen molar-refractivity contribution in [3.05, 3.63) is 0 Å². The Balaban J connectivity index is 4.22. The molecule has 0 aromatic carbocycles. The van der Waals surface area contributed by atoms with E-state index in [-0.39, 0.29) is 0 Å². The van der Waals surface area contributed by atoms with Gasteiger partial charge in [0, 0.05) is 13.2 Å². The topological polar surface area (TPSA) is 21.3 Å². The number of likely N-dealkylation sites (N-methyl/N-ethyl adjacent to an activating group) is 1. The van der Waals surface area contributed by atoms with E-state index in [0.717, 1.165) is 12.3 Å². The van der Waals surface area contributed by atoms with Crippen LogP contribution in [0, 0.1) is 5.92 Å². The highest BCUT2D eigenvalue weighted by Crippen LogP contribution is 2.21. The number of rotatable bonds is 11. The zero-order valence-electron chi connectivity index (χ0n) is 12.6. The normalized spacial score (nSPS) is 16.8. The van der Waals surface area contributed by atoms with Crippen molar-refractivity contribution >= 4 is 0 Å². The highest BCUT2D eigenvalue weighted by atomic mass is 16.5. The highest BCUT2D eigenvalue weighted by Gasteiger charge is 2.21. The van der Waals surface area contributed by atoms with Gasteiger partial charge in [-0.25, -0.2) is 0 Å². The zero-order valence-corrected chi connectivity index (χ0v) is 12.6. The molecule has 17 heavy (non-hydrogen) atoms. The van der Waals surface area contributed by atoms with Gasteiger partial charge >= 0.3 is 0 Å². The molecule has 0 rings (SSSR count). The summed E-state index contributed by atoms with van der Waals surface area (Å²) in [4.78, 5) is 0. The summed E-state index contributed by atoms with van der Waals surface area (Å²) in [5.74, 6) is 0.849. The summed E-state index contributed by atoms with van der Waals surface area (Å²) >= 11 is 0.